The summed E-state index contributed by atoms with van der Waals surface area (Å²) in [5, 5.41) is 0. The van der Waals surface area contributed by atoms with E-state index in [0.717, 1.165) is 29.5 Å². The molecule has 1 atom stereocenters. The van der Waals surface area contributed by atoms with E-state index >= 15 is 0 Å². The van der Waals surface area contributed by atoms with Crippen LogP contribution in [0.5, 0.6) is 28.7 Å². The van der Waals surface area contributed by atoms with Crippen LogP contribution in [0.3, 0.4) is 0 Å². The molecule has 1 aliphatic heterocycles. The molecular formula is C31H40N2O8. The van der Waals surface area contributed by atoms with Crippen molar-refractivity contribution in [3.05, 3.63) is 46.5 Å². The Labute approximate surface area is 241 Å². The quantitative estimate of drug-likeness (QED) is 0.397. The molecule has 2 aromatic carbocycles. The maximum atomic E-state index is 13.9. The third-order valence-corrected chi connectivity index (χ3v) is 7.56. The first-order chi connectivity index (χ1) is 19.9. The van der Waals surface area contributed by atoms with Gasteiger partial charge in [0.15, 0.2) is 23.0 Å². The molecule has 4 rings (SSSR count). The molecule has 0 aromatic heterocycles. The average molecular weight is 569 g/mol. The van der Waals surface area contributed by atoms with Crippen molar-refractivity contribution < 1.29 is 38.0 Å². The Kier molecular flexibility index (Phi) is 9.99. The topological polar surface area (TPSA) is 96.0 Å². The number of ether oxygens (including phenoxy) is 6. The summed E-state index contributed by atoms with van der Waals surface area (Å²) in [5.74, 6) is 2.38. The number of carbonyl (C=O) groups is 2. The Morgan fingerprint density at radius 2 is 1.49 bits per heavy atom. The summed E-state index contributed by atoms with van der Waals surface area (Å²) in [4.78, 5) is 30.9. The van der Waals surface area contributed by atoms with Crippen LogP contribution in [0.25, 0.3) is 6.08 Å². The van der Waals surface area contributed by atoms with Crippen LogP contribution in [0, 0.1) is 0 Å². The minimum atomic E-state index is -0.729. The lowest BCUT2D eigenvalue weighted by Gasteiger charge is -2.40. The van der Waals surface area contributed by atoms with Gasteiger partial charge in [-0.25, -0.2) is 4.79 Å². The number of fused-ring (bicyclic) bond motifs is 1. The predicted molar refractivity (Wildman–Crippen MR) is 154 cm³/mol. The first kappa shape index (κ1) is 30.0. The monoisotopic (exact) mass is 568 g/mol. The molecule has 0 N–H and O–H groups in total. The number of esters is 1. The standard InChI is InChI=1S/C31H40N2O8/c1-7-41-31(35)24-19-32(18-20-13-27(38-4)29(40-6)28(14-20)39-5)11-12-33(24)30(34)22-10-8-9-21-16-25(36-2)26(37-3)17-23(21)15-22/h13-17,24H,7-12,18-19H2,1-6H3. The second-order valence-corrected chi connectivity index (χ2v) is 9.96. The van der Waals surface area contributed by atoms with E-state index in [1.807, 2.05) is 30.3 Å². The highest BCUT2D eigenvalue weighted by molar-refractivity contribution is 6.00. The van der Waals surface area contributed by atoms with E-state index < -0.39 is 12.0 Å². The Balaban J connectivity index is 1.58. The summed E-state index contributed by atoms with van der Waals surface area (Å²) in [6.45, 7) is 3.87. The second kappa shape index (κ2) is 13.6. The average Bonchev–Trinajstić information content (AvgIpc) is 3.21. The second-order valence-electron chi connectivity index (χ2n) is 9.96. The van der Waals surface area contributed by atoms with Crippen LogP contribution in [-0.4, -0.2) is 89.5 Å². The van der Waals surface area contributed by atoms with Gasteiger partial charge in [0.1, 0.15) is 6.04 Å². The van der Waals surface area contributed by atoms with E-state index in [-0.39, 0.29) is 12.5 Å². The summed E-state index contributed by atoms with van der Waals surface area (Å²) in [6, 6.07) is 6.95. The van der Waals surface area contributed by atoms with Crippen molar-refractivity contribution in [2.24, 2.45) is 0 Å². The summed E-state index contributed by atoms with van der Waals surface area (Å²) in [7, 11) is 7.93. The minimum absolute atomic E-state index is 0.141. The number of hydrogen-bond acceptors (Lipinski definition) is 9. The van der Waals surface area contributed by atoms with Gasteiger partial charge in [0.2, 0.25) is 5.75 Å². The first-order valence-electron chi connectivity index (χ1n) is 13.8. The van der Waals surface area contributed by atoms with Crippen LogP contribution >= 0.6 is 0 Å². The van der Waals surface area contributed by atoms with Gasteiger partial charge in [0, 0.05) is 31.8 Å². The molecule has 2 aromatic rings. The summed E-state index contributed by atoms with van der Waals surface area (Å²) < 4.78 is 32.8. The van der Waals surface area contributed by atoms with Crippen LogP contribution < -0.4 is 23.7 Å². The Morgan fingerprint density at radius 3 is 2.10 bits per heavy atom. The zero-order valence-electron chi connectivity index (χ0n) is 24.8. The number of piperazine rings is 1. The molecule has 222 valence electrons. The van der Waals surface area contributed by atoms with Crippen LogP contribution in [0.2, 0.25) is 0 Å². The molecule has 2 aliphatic rings. The van der Waals surface area contributed by atoms with Crippen LogP contribution in [0.15, 0.2) is 29.8 Å². The molecule has 0 bridgehead atoms. The number of rotatable bonds is 10. The van der Waals surface area contributed by atoms with Crippen LogP contribution in [0.4, 0.5) is 0 Å². The lowest BCUT2D eigenvalue weighted by atomic mass is 10.0. The van der Waals surface area contributed by atoms with Crippen LogP contribution in [0.1, 0.15) is 36.5 Å². The maximum absolute atomic E-state index is 13.9. The van der Waals surface area contributed by atoms with Crippen molar-refractivity contribution >= 4 is 18.0 Å². The maximum Gasteiger partial charge on any atom is 0.330 e. The molecule has 1 aliphatic carbocycles. The molecule has 0 radical (unpaired) electrons. The molecule has 10 nitrogen and oxygen atoms in total. The van der Waals surface area contributed by atoms with Gasteiger partial charge in [-0.2, -0.15) is 0 Å². The van der Waals surface area contributed by atoms with Gasteiger partial charge in [-0.05, 0) is 73.2 Å². The lowest BCUT2D eigenvalue weighted by molar-refractivity contribution is -0.157. The molecule has 41 heavy (non-hydrogen) atoms. The highest BCUT2D eigenvalue weighted by atomic mass is 16.5. The number of carbonyl (C=O) groups excluding carboxylic acids is 2. The predicted octanol–water partition coefficient (Wildman–Crippen LogP) is 3.73. The Bertz CT molecular complexity index is 1270. The van der Waals surface area contributed by atoms with Gasteiger partial charge in [0.25, 0.3) is 5.91 Å². The fraction of sp³-hybridized carbons (Fsp3) is 0.484. The Hall–Kier alpha value is -3.92. The number of aryl methyl sites for hydroxylation is 1. The van der Waals surface area contributed by atoms with Crippen molar-refractivity contribution in [3.63, 3.8) is 0 Å². The van der Waals surface area contributed by atoms with Crippen molar-refractivity contribution in [1.29, 1.82) is 0 Å². The lowest BCUT2D eigenvalue weighted by Crippen LogP contribution is -2.58. The number of amides is 1. The SMILES string of the molecule is CCOC(=O)C1CN(Cc2cc(OC)c(OC)c(OC)c2)CCN1C(=O)C1=Cc2cc(OC)c(OC)cc2CCC1. The van der Waals surface area contributed by atoms with Crippen molar-refractivity contribution in [1.82, 2.24) is 9.80 Å². The van der Waals surface area contributed by atoms with Gasteiger partial charge in [0.05, 0.1) is 42.2 Å². The Morgan fingerprint density at radius 1 is 0.829 bits per heavy atom. The van der Waals surface area contributed by atoms with Gasteiger partial charge in [-0.1, -0.05) is 0 Å². The minimum Gasteiger partial charge on any atom is -0.493 e. The number of nitrogens with zero attached hydrogens (tertiary/aromatic N) is 2. The van der Waals surface area contributed by atoms with Gasteiger partial charge in [-0.15, -0.1) is 0 Å². The summed E-state index contributed by atoms with van der Waals surface area (Å²) >= 11 is 0. The third-order valence-electron chi connectivity index (χ3n) is 7.56. The molecule has 0 spiro atoms. The third kappa shape index (κ3) is 6.53. The van der Waals surface area contributed by atoms with Crippen molar-refractivity contribution in [2.75, 3.05) is 61.8 Å². The largest absolute Gasteiger partial charge is 0.493 e. The molecule has 1 saturated heterocycles. The van der Waals surface area contributed by atoms with E-state index in [4.69, 9.17) is 28.4 Å². The number of methoxy groups -OCH3 is 5. The normalized spacial score (nSPS) is 17.1. The van der Waals surface area contributed by atoms with Crippen molar-refractivity contribution in [2.45, 2.75) is 38.8 Å². The van der Waals surface area contributed by atoms with E-state index in [1.165, 1.54) is 0 Å². The summed E-state index contributed by atoms with van der Waals surface area (Å²) in [5.41, 5.74) is 3.64. The molecule has 1 heterocycles. The number of hydrogen-bond donors (Lipinski definition) is 0. The van der Waals surface area contributed by atoms with Gasteiger partial charge >= 0.3 is 5.97 Å². The molecule has 1 fully saturated rings. The molecule has 0 saturated carbocycles. The van der Waals surface area contributed by atoms with E-state index in [9.17, 15) is 9.59 Å². The number of benzene rings is 2. The molecule has 1 unspecified atom stereocenters. The van der Waals surface area contributed by atoms with Gasteiger partial charge < -0.3 is 33.3 Å². The van der Waals surface area contributed by atoms with E-state index in [0.29, 0.717) is 66.9 Å². The van der Waals surface area contributed by atoms with E-state index in [2.05, 4.69) is 4.90 Å². The highest BCUT2D eigenvalue weighted by Crippen LogP contribution is 2.39. The first-order valence-corrected chi connectivity index (χ1v) is 13.8. The van der Waals surface area contributed by atoms with Gasteiger partial charge in [-0.3, -0.25) is 9.69 Å². The smallest absolute Gasteiger partial charge is 0.330 e. The van der Waals surface area contributed by atoms with E-state index in [1.54, 1.807) is 47.4 Å². The van der Waals surface area contributed by atoms with Crippen LogP contribution in [-0.2, 0) is 27.3 Å². The molecular weight excluding hydrogens is 528 g/mol. The molecule has 1 amide bonds. The highest BCUT2D eigenvalue weighted by Gasteiger charge is 2.37. The fourth-order valence-electron chi connectivity index (χ4n) is 5.52. The fourth-order valence-corrected chi connectivity index (χ4v) is 5.52. The zero-order chi connectivity index (χ0) is 29.5. The molecule has 10 heteroatoms. The summed E-state index contributed by atoms with van der Waals surface area (Å²) in [6.07, 6.45) is 4.16. The zero-order valence-corrected chi connectivity index (χ0v) is 24.8. The van der Waals surface area contributed by atoms with Crippen molar-refractivity contribution in [3.8, 4) is 28.7 Å².